The number of rotatable bonds is 12. The molecule has 3 aromatic carbocycles. The molecule has 0 aromatic heterocycles. The van der Waals surface area contributed by atoms with Crippen LogP contribution >= 0.6 is 0 Å². The molecular formula is C29H39FOSn. The Morgan fingerprint density at radius 1 is 0.750 bits per heavy atom. The van der Waals surface area contributed by atoms with Gasteiger partial charge in [0.1, 0.15) is 0 Å². The first-order valence-corrected chi connectivity index (χ1v) is 19.9. The minimum atomic E-state index is -2.84. The van der Waals surface area contributed by atoms with E-state index in [1.54, 1.807) is 19.2 Å². The summed E-state index contributed by atoms with van der Waals surface area (Å²) in [5.41, 5.74) is 1.75. The maximum absolute atomic E-state index is 15.4. The number of fused-ring (bicyclic) bond motifs is 1. The van der Waals surface area contributed by atoms with E-state index in [1.165, 1.54) is 66.2 Å². The van der Waals surface area contributed by atoms with Gasteiger partial charge in [0.25, 0.3) is 0 Å². The first-order valence-electron chi connectivity index (χ1n) is 12.5. The summed E-state index contributed by atoms with van der Waals surface area (Å²) in [4.78, 5) is 0. The molecule has 1 nitrogen and oxygen atoms in total. The van der Waals surface area contributed by atoms with Gasteiger partial charge in [0.2, 0.25) is 0 Å². The van der Waals surface area contributed by atoms with Gasteiger partial charge in [-0.05, 0) is 0 Å². The summed E-state index contributed by atoms with van der Waals surface area (Å²) >= 11 is -2.84. The van der Waals surface area contributed by atoms with E-state index in [2.05, 4.69) is 57.2 Å². The van der Waals surface area contributed by atoms with E-state index in [0.717, 1.165) is 5.56 Å². The average Bonchev–Trinajstić information content (AvgIpc) is 2.83. The maximum atomic E-state index is 15.4. The molecule has 172 valence electrons. The number of hydrogen-bond donors (Lipinski definition) is 0. The van der Waals surface area contributed by atoms with Gasteiger partial charge in [-0.25, -0.2) is 0 Å². The van der Waals surface area contributed by atoms with Crippen molar-refractivity contribution in [2.24, 2.45) is 0 Å². The standard InChI is InChI=1S/C17H12FO.3C4H9.Sn/c1-19-16-8-4-7-15(18)17(16)14-10-9-12-5-2-3-6-13(12)11-14;3*1-3-4-2;/h2-9,11H,1H3;3*1,3-4H2,2H3;. The molecule has 0 saturated carbocycles. The summed E-state index contributed by atoms with van der Waals surface area (Å²) in [5.74, 6) is 0.464. The molecule has 0 spiro atoms. The fraction of sp³-hybridized carbons (Fsp3) is 0.448. The van der Waals surface area contributed by atoms with E-state index in [1.807, 2.05) is 6.07 Å². The number of halogens is 1. The Morgan fingerprint density at radius 3 is 1.84 bits per heavy atom. The molecule has 0 aliphatic heterocycles. The molecule has 0 atom stereocenters. The minimum absolute atomic E-state index is 0.178. The molecule has 0 unspecified atom stereocenters. The van der Waals surface area contributed by atoms with Gasteiger partial charge in [-0.1, -0.05) is 0 Å². The van der Waals surface area contributed by atoms with Gasteiger partial charge in [0.05, 0.1) is 0 Å². The predicted molar refractivity (Wildman–Crippen MR) is 140 cm³/mol. The van der Waals surface area contributed by atoms with Crippen molar-refractivity contribution in [1.29, 1.82) is 0 Å². The zero-order valence-electron chi connectivity index (χ0n) is 20.3. The number of benzene rings is 3. The van der Waals surface area contributed by atoms with Crippen LogP contribution in [-0.4, -0.2) is 25.5 Å². The van der Waals surface area contributed by atoms with Gasteiger partial charge < -0.3 is 0 Å². The summed E-state index contributed by atoms with van der Waals surface area (Å²) in [6.45, 7) is 6.91. The molecule has 0 heterocycles. The van der Waals surface area contributed by atoms with Crippen molar-refractivity contribution in [3.8, 4) is 16.9 Å². The fourth-order valence-corrected chi connectivity index (χ4v) is 21.9. The van der Waals surface area contributed by atoms with Crippen LogP contribution in [0.15, 0.2) is 54.6 Å². The van der Waals surface area contributed by atoms with Crippen LogP contribution in [0.2, 0.25) is 13.3 Å². The Morgan fingerprint density at radius 2 is 1.31 bits per heavy atom. The average molecular weight is 541 g/mol. The van der Waals surface area contributed by atoms with Crippen molar-refractivity contribution in [2.75, 3.05) is 7.11 Å². The van der Waals surface area contributed by atoms with Gasteiger partial charge in [-0.15, -0.1) is 0 Å². The van der Waals surface area contributed by atoms with Crippen LogP contribution in [0.1, 0.15) is 59.3 Å². The quantitative estimate of drug-likeness (QED) is 0.209. The van der Waals surface area contributed by atoms with Gasteiger partial charge in [0.15, 0.2) is 0 Å². The zero-order chi connectivity index (χ0) is 23.0. The second kappa shape index (κ2) is 12.1. The number of ether oxygens (including phenoxy) is 1. The molecule has 3 aromatic rings. The topological polar surface area (TPSA) is 9.23 Å². The summed E-state index contributed by atoms with van der Waals surface area (Å²) in [6.07, 6.45) is 7.52. The molecule has 0 radical (unpaired) electrons. The van der Waals surface area contributed by atoms with Gasteiger partial charge in [0, 0.05) is 0 Å². The van der Waals surface area contributed by atoms with Crippen LogP contribution < -0.4 is 8.32 Å². The zero-order valence-corrected chi connectivity index (χ0v) is 23.2. The van der Waals surface area contributed by atoms with Crippen LogP contribution in [0.3, 0.4) is 0 Å². The molecule has 0 amide bonds. The van der Waals surface area contributed by atoms with Crippen LogP contribution in [0.25, 0.3) is 21.9 Å². The third-order valence-corrected chi connectivity index (χ3v) is 22.6. The molecule has 0 saturated heterocycles. The SMILES string of the molecule is CCC[CH2][Sn]([CH2]CCC)([CH2]CCC)[c]1cc2ccccc2cc1-c1c(F)cccc1OC. The Balaban J connectivity index is 2.35. The molecular weight excluding hydrogens is 502 g/mol. The number of methoxy groups -OCH3 is 1. The summed E-state index contributed by atoms with van der Waals surface area (Å²) < 4.78 is 26.7. The van der Waals surface area contributed by atoms with Crippen molar-refractivity contribution < 1.29 is 9.13 Å². The van der Waals surface area contributed by atoms with E-state index in [9.17, 15) is 0 Å². The van der Waals surface area contributed by atoms with E-state index in [-0.39, 0.29) is 5.82 Å². The number of unbranched alkanes of at least 4 members (excludes halogenated alkanes) is 3. The Bertz CT molecular complexity index is 991. The molecule has 0 bridgehead atoms. The number of hydrogen-bond acceptors (Lipinski definition) is 1. The molecule has 0 fully saturated rings. The first kappa shape index (κ1) is 25.1. The van der Waals surface area contributed by atoms with E-state index in [4.69, 9.17) is 4.74 Å². The summed E-state index contributed by atoms with van der Waals surface area (Å²) in [5, 5.41) is 2.46. The molecule has 0 aliphatic rings. The second-order valence-electron chi connectivity index (χ2n) is 9.15. The van der Waals surface area contributed by atoms with Crippen molar-refractivity contribution in [2.45, 2.75) is 72.6 Å². The second-order valence-corrected chi connectivity index (χ2v) is 22.3. The van der Waals surface area contributed by atoms with E-state index < -0.39 is 18.4 Å². The van der Waals surface area contributed by atoms with Crippen molar-refractivity contribution in [3.63, 3.8) is 0 Å². The fourth-order valence-electron chi connectivity index (χ4n) is 5.15. The normalized spacial score (nSPS) is 11.8. The molecule has 0 aliphatic carbocycles. The van der Waals surface area contributed by atoms with E-state index >= 15 is 4.39 Å². The van der Waals surface area contributed by atoms with Crippen molar-refractivity contribution in [3.05, 3.63) is 60.4 Å². The van der Waals surface area contributed by atoms with Crippen LogP contribution in [0, 0.1) is 5.82 Å². The van der Waals surface area contributed by atoms with Crippen LogP contribution in [0.5, 0.6) is 5.75 Å². The monoisotopic (exact) mass is 542 g/mol. The van der Waals surface area contributed by atoms with Gasteiger partial charge in [-0.2, -0.15) is 0 Å². The van der Waals surface area contributed by atoms with Gasteiger partial charge in [-0.3, -0.25) is 0 Å². The van der Waals surface area contributed by atoms with Gasteiger partial charge >= 0.3 is 199 Å². The van der Waals surface area contributed by atoms with Crippen molar-refractivity contribution >= 4 is 32.7 Å². The molecule has 3 rings (SSSR count). The van der Waals surface area contributed by atoms with Crippen LogP contribution in [0.4, 0.5) is 4.39 Å². The molecule has 32 heavy (non-hydrogen) atoms. The third kappa shape index (κ3) is 5.50. The van der Waals surface area contributed by atoms with Crippen molar-refractivity contribution in [1.82, 2.24) is 0 Å². The van der Waals surface area contributed by atoms with Crippen LogP contribution in [-0.2, 0) is 0 Å². The summed E-state index contributed by atoms with van der Waals surface area (Å²) in [7, 11) is 1.65. The third-order valence-electron chi connectivity index (χ3n) is 6.95. The first-order chi connectivity index (χ1) is 15.6. The Kier molecular flexibility index (Phi) is 9.45. The Hall–Kier alpha value is -1.55. The molecule has 3 heteroatoms. The molecule has 0 N–H and O–H groups in total. The predicted octanol–water partition coefficient (Wildman–Crippen LogP) is 8.71. The van der Waals surface area contributed by atoms with E-state index in [0.29, 0.717) is 11.3 Å². The summed E-state index contributed by atoms with van der Waals surface area (Å²) in [6, 6.07) is 18.5. The Labute approximate surface area is 198 Å².